The molecule has 0 radical (unpaired) electrons. The highest BCUT2D eigenvalue weighted by Crippen LogP contribution is 2.34. The Morgan fingerprint density at radius 1 is 1.43 bits per heavy atom. The van der Waals surface area contributed by atoms with Gasteiger partial charge in [0.2, 0.25) is 0 Å². The van der Waals surface area contributed by atoms with E-state index in [1.807, 2.05) is 18.8 Å². The molecule has 1 fully saturated rings. The summed E-state index contributed by atoms with van der Waals surface area (Å²) in [6.07, 6.45) is 4.84. The summed E-state index contributed by atoms with van der Waals surface area (Å²) in [6, 6.07) is 0.941. The minimum atomic E-state index is 0. The highest BCUT2D eigenvalue weighted by molar-refractivity contribution is 14.0. The molecule has 3 unspecified atom stereocenters. The third-order valence-electron chi connectivity index (χ3n) is 4.68. The third-order valence-corrected chi connectivity index (χ3v) is 4.68. The molecular formula is C17H32IN5. The number of aliphatic imine (C=N–C) groups is 1. The summed E-state index contributed by atoms with van der Waals surface area (Å²) in [5, 5.41) is 11.6. The van der Waals surface area contributed by atoms with Gasteiger partial charge in [-0.1, -0.05) is 13.3 Å². The van der Waals surface area contributed by atoms with Crippen LogP contribution in [0, 0.1) is 19.8 Å². The molecule has 1 aromatic rings. The van der Waals surface area contributed by atoms with Crippen molar-refractivity contribution in [3.05, 3.63) is 17.0 Å². The summed E-state index contributed by atoms with van der Waals surface area (Å²) >= 11 is 0. The van der Waals surface area contributed by atoms with Gasteiger partial charge < -0.3 is 10.6 Å². The summed E-state index contributed by atoms with van der Waals surface area (Å²) in [6.45, 7) is 8.68. The molecule has 3 atom stereocenters. The van der Waals surface area contributed by atoms with Crippen molar-refractivity contribution in [1.82, 2.24) is 20.4 Å². The maximum atomic E-state index is 4.49. The summed E-state index contributed by atoms with van der Waals surface area (Å²) in [7, 11) is 3.85. The smallest absolute Gasteiger partial charge is 0.191 e. The largest absolute Gasteiger partial charge is 0.354 e. The molecule has 6 heteroatoms. The van der Waals surface area contributed by atoms with Crippen molar-refractivity contribution in [1.29, 1.82) is 0 Å². The van der Waals surface area contributed by atoms with Crippen molar-refractivity contribution < 1.29 is 0 Å². The molecule has 0 bridgehead atoms. The van der Waals surface area contributed by atoms with Gasteiger partial charge in [-0.05, 0) is 51.5 Å². The second kappa shape index (κ2) is 8.89. The molecule has 23 heavy (non-hydrogen) atoms. The zero-order chi connectivity index (χ0) is 16.3. The van der Waals surface area contributed by atoms with Crippen molar-refractivity contribution in [2.45, 2.75) is 65.5 Å². The Morgan fingerprint density at radius 2 is 2.13 bits per heavy atom. The Hall–Kier alpha value is -0.790. The quantitative estimate of drug-likeness (QED) is 0.412. The van der Waals surface area contributed by atoms with Gasteiger partial charge in [0.05, 0.1) is 5.69 Å². The number of hydrogen-bond donors (Lipinski definition) is 2. The number of halogens is 1. The van der Waals surface area contributed by atoms with Gasteiger partial charge in [-0.3, -0.25) is 9.67 Å². The number of hydrogen-bond acceptors (Lipinski definition) is 2. The Bertz CT molecular complexity index is 537. The number of guanidine groups is 1. The molecule has 1 aliphatic carbocycles. The molecule has 1 heterocycles. The monoisotopic (exact) mass is 433 g/mol. The lowest BCUT2D eigenvalue weighted by Gasteiger charge is -2.18. The van der Waals surface area contributed by atoms with E-state index in [1.165, 1.54) is 30.5 Å². The number of aryl methyl sites for hydroxylation is 2. The average molecular weight is 433 g/mol. The van der Waals surface area contributed by atoms with Crippen molar-refractivity contribution in [2.75, 3.05) is 7.05 Å². The maximum absolute atomic E-state index is 4.49. The first-order valence-corrected chi connectivity index (χ1v) is 8.45. The summed E-state index contributed by atoms with van der Waals surface area (Å²) in [5.41, 5.74) is 3.72. The Balaban J connectivity index is 0.00000264. The van der Waals surface area contributed by atoms with Crippen LogP contribution in [-0.4, -0.2) is 34.9 Å². The van der Waals surface area contributed by atoms with Gasteiger partial charge in [-0.2, -0.15) is 5.10 Å². The molecule has 0 amide bonds. The second-order valence-corrected chi connectivity index (χ2v) is 6.63. The van der Waals surface area contributed by atoms with Crippen LogP contribution in [0.3, 0.4) is 0 Å². The minimum absolute atomic E-state index is 0. The first kappa shape index (κ1) is 20.3. The van der Waals surface area contributed by atoms with E-state index in [9.17, 15) is 0 Å². The van der Waals surface area contributed by atoms with Crippen LogP contribution in [0.4, 0.5) is 0 Å². The third kappa shape index (κ3) is 5.36. The molecule has 1 saturated carbocycles. The number of aromatic nitrogens is 2. The lowest BCUT2D eigenvalue weighted by atomic mass is 10.1. The first-order valence-electron chi connectivity index (χ1n) is 8.45. The van der Waals surface area contributed by atoms with Gasteiger partial charge in [0.25, 0.3) is 0 Å². The van der Waals surface area contributed by atoms with Crippen LogP contribution in [-0.2, 0) is 13.5 Å². The van der Waals surface area contributed by atoms with E-state index >= 15 is 0 Å². The van der Waals surface area contributed by atoms with E-state index in [4.69, 9.17) is 0 Å². The van der Waals surface area contributed by atoms with Gasteiger partial charge >= 0.3 is 0 Å². The van der Waals surface area contributed by atoms with E-state index in [2.05, 4.69) is 48.4 Å². The molecule has 1 aromatic heterocycles. The van der Waals surface area contributed by atoms with Gasteiger partial charge in [0.1, 0.15) is 0 Å². The number of nitrogens with zero attached hydrogens (tertiary/aromatic N) is 3. The summed E-state index contributed by atoms with van der Waals surface area (Å²) in [4.78, 5) is 4.37. The molecule has 2 N–H and O–H groups in total. The number of nitrogens with one attached hydrogen (secondary N) is 2. The summed E-state index contributed by atoms with van der Waals surface area (Å²) < 4.78 is 1.96. The average Bonchev–Trinajstić information content (AvgIpc) is 3.15. The fraction of sp³-hybridized carbons (Fsp3) is 0.765. The number of rotatable bonds is 6. The predicted octanol–water partition coefficient (Wildman–Crippen LogP) is 2.94. The SMILES string of the molecule is CCCC1CC1NC(=NC)NC(C)Cc1c(C)nn(C)c1C.I. The van der Waals surface area contributed by atoms with E-state index < -0.39 is 0 Å². The molecule has 0 aromatic carbocycles. The molecule has 2 rings (SSSR count). The Morgan fingerprint density at radius 3 is 2.65 bits per heavy atom. The molecule has 0 spiro atoms. The summed E-state index contributed by atoms with van der Waals surface area (Å²) in [5.74, 6) is 1.76. The predicted molar refractivity (Wildman–Crippen MR) is 108 cm³/mol. The highest BCUT2D eigenvalue weighted by atomic mass is 127. The van der Waals surface area contributed by atoms with E-state index in [-0.39, 0.29) is 24.0 Å². The van der Waals surface area contributed by atoms with Crippen LogP contribution in [0.2, 0.25) is 0 Å². The topological polar surface area (TPSA) is 54.2 Å². The molecular weight excluding hydrogens is 401 g/mol. The van der Waals surface area contributed by atoms with Crippen LogP contribution in [0.25, 0.3) is 0 Å². The lowest BCUT2D eigenvalue weighted by molar-refractivity contribution is 0.617. The highest BCUT2D eigenvalue weighted by Gasteiger charge is 2.36. The van der Waals surface area contributed by atoms with Gasteiger partial charge in [-0.25, -0.2) is 0 Å². The van der Waals surface area contributed by atoms with E-state index in [0.29, 0.717) is 12.1 Å². The molecule has 0 saturated heterocycles. The Labute approximate surface area is 157 Å². The fourth-order valence-corrected chi connectivity index (χ4v) is 3.16. The van der Waals surface area contributed by atoms with Crippen molar-refractivity contribution in [3.63, 3.8) is 0 Å². The van der Waals surface area contributed by atoms with Gasteiger partial charge in [-0.15, -0.1) is 24.0 Å². The minimum Gasteiger partial charge on any atom is -0.354 e. The van der Waals surface area contributed by atoms with E-state index in [1.54, 1.807) is 0 Å². The van der Waals surface area contributed by atoms with Crippen molar-refractivity contribution in [3.8, 4) is 0 Å². The zero-order valence-corrected chi connectivity index (χ0v) is 17.6. The van der Waals surface area contributed by atoms with Crippen LogP contribution < -0.4 is 10.6 Å². The maximum Gasteiger partial charge on any atom is 0.191 e. The molecule has 5 nitrogen and oxygen atoms in total. The van der Waals surface area contributed by atoms with Gasteiger partial charge in [0, 0.05) is 31.9 Å². The van der Waals surface area contributed by atoms with Crippen molar-refractivity contribution in [2.24, 2.45) is 18.0 Å². The van der Waals surface area contributed by atoms with Crippen LogP contribution >= 0.6 is 24.0 Å². The van der Waals surface area contributed by atoms with Gasteiger partial charge in [0.15, 0.2) is 5.96 Å². The second-order valence-electron chi connectivity index (χ2n) is 6.63. The van der Waals surface area contributed by atoms with E-state index in [0.717, 1.165) is 24.0 Å². The van der Waals surface area contributed by atoms with Crippen LogP contribution in [0.1, 0.15) is 50.1 Å². The molecule has 0 aliphatic heterocycles. The Kier molecular flexibility index (Phi) is 7.83. The molecule has 132 valence electrons. The van der Waals surface area contributed by atoms with Crippen molar-refractivity contribution >= 4 is 29.9 Å². The lowest BCUT2D eigenvalue weighted by Crippen LogP contribution is -2.44. The van der Waals surface area contributed by atoms with Crippen LogP contribution in [0.5, 0.6) is 0 Å². The first-order chi connectivity index (χ1) is 10.5. The normalized spacial score (nSPS) is 21.6. The zero-order valence-electron chi connectivity index (χ0n) is 15.3. The van der Waals surface area contributed by atoms with Crippen LogP contribution in [0.15, 0.2) is 4.99 Å². The standard InChI is InChI=1S/C17H31N5.HI/c1-7-8-14-10-16(14)20-17(18-5)19-11(2)9-15-12(3)21-22(6)13(15)4;/h11,14,16H,7-10H2,1-6H3,(H2,18,19,20);1H. The molecule has 1 aliphatic rings. The fourth-order valence-electron chi connectivity index (χ4n) is 3.16.